The van der Waals surface area contributed by atoms with Gasteiger partial charge in [0, 0.05) is 12.8 Å². The van der Waals surface area contributed by atoms with Crippen LogP contribution in [0, 0.1) is 11.8 Å². The molecule has 0 bridgehead atoms. The third kappa shape index (κ3) is 3.43. The maximum atomic E-state index is 11.5. The zero-order chi connectivity index (χ0) is 14.9. The normalized spacial score (nSPS) is 37.9. The van der Waals surface area contributed by atoms with Crippen LogP contribution in [-0.2, 0) is 14.3 Å². The largest absolute Gasteiger partial charge is 0.459 e. The van der Waals surface area contributed by atoms with Gasteiger partial charge in [-0.15, -0.1) is 0 Å². The van der Waals surface area contributed by atoms with Crippen LogP contribution >= 0.6 is 0 Å². The molecule has 1 fully saturated rings. The van der Waals surface area contributed by atoms with E-state index in [1.54, 1.807) is 0 Å². The third-order valence-corrected chi connectivity index (χ3v) is 4.83. The van der Waals surface area contributed by atoms with E-state index in [4.69, 9.17) is 9.47 Å². The topological polar surface area (TPSA) is 38.8 Å². The molecule has 4 atom stereocenters. The van der Waals surface area contributed by atoms with E-state index in [0.717, 1.165) is 25.7 Å². The highest BCUT2D eigenvalue weighted by Gasteiger charge is 2.58. The first-order valence-corrected chi connectivity index (χ1v) is 7.84. The van der Waals surface area contributed by atoms with E-state index in [9.17, 15) is 4.79 Å². The summed E-state index contributed by atoms with van der Waals surface area (Å²) in [4.78, 5) is 11.5. The molecular formula is C17H28O3. The number of esters is 1. The molecular weight excluding hydrogens is 252 g/mol. The lowest BCUT2D eigenvalue weighted by Gasteiger charge is -2.30. The number of epoxide rings is 1. The number of allylic oxidation sites excluding steroid dienone is 2. The van der Waals surface area contributed by atoms with Gasteiger partial charge in [-0.2, -0.15) is 0 Å². The molecule has 2 rings (SSSR count). The number of hydrogen-bond donors (Lipinski definition) is 0. The smallest absolute Gasteiger partial charge is 0.303 e. The summed E-state index contributed by atoms with van der Waals surface area (Å²) >= 11 is 0. The Labute approximate surface area is 122 Å². The highest BCUT2D eigenvalue weighted by molar-refractivity contribution is 5.66. The van der Waals surface area contributed by atoms with E-state index < -0.39 is 0 Å². The standard InChI is InChI=1S/C17H28O3/c1-11(2)14-9-8-12(3)7-6-10-17(5)16(20-17)15(14)19-13(4)18/h7,11,14-16H,6,8-10H2,1-5H3. The van der Waals surface area contributed by atoms with E-state index in [0.29, 0.717) is 11.8 Å². The molecule has 1 aliphatic heterocycles. The number of hydrogen-bond acceptors (Lipinski definition) is 3. The fourth-order valence-electron chi connectivity index (χ4n) is 3.42. The van der Waals surface area contributed by atoms with Crippen molar-refractivity contribution in [1.82, 2.24) is 0 Å². The van der Waals surface area contributed by atoms with Crippen LogP contribution in [0.1, 0.15) is 60.3 Å². The summed E-state index contributed by atoms with van der Waals surface area (Å²) < 4.78 is 11.6. The average molecular weight is 280 g/mol. The molecule has 0 spiro atoms. The van der Waals surface area contributed by atoms with Crippen LogP contribution in [0.3, 0.4) is 0 Å². The minimum atomic E-state index is -0.192. The van der Waals surface area contributed by atoms with Gasteiger partial charge >= 0.3 is 5.97 Å². The Balaban J connectivity index is 2.23. The van der Waals surface area contributed by atoms with E-state index in [2.05, 4.69) is 33.8 Å². The molecule has 114 valence electrons. The van der Waals surface area contributed by atoms with Crippen LogP contribution in [-0.4, -0.2) is 23.8 Å². The molecule has 2 aliphatic rings. The molecule has 0 radical (unpaired) electrons. The van der Waals surface area contributed by atoms with Gasteiger partial charge in [-0.05, 0) is 45.4 Å². The molecule has 0 N–H and O–H groups in total. The molecule has 0 saturated carbocycles. The summed E-state index contributed by atoms with van der Waals surface area (Å²) in [5, 5.41) is 0. The zero-order valence-corrected chi connectivity index (χ0v) is 13.4. The molecule has 1 heterocycles. The molecule has 0 aromatic rings. The van der Waals surface area contributed by atoms with Crippen LogP contribution in [0.4, 0.5) is 0 Å². The van der Waals surface area contributed by atoms with Crippen LogP contribution in [0.15, 0.2) is 11.6 Å². The predicted octanol–water partition coefficient (Wildman–Crippen LogP) is 3.87. The van der Waals surface area contributed by atoms with Crippen molar-refractivity contribution in [2.75, 3.05) is 0 Å². The Morgan fingerprint density at radius 1 is 1.50 bits per heavy atom. The van der Waals surface area contributed by atoms with Gasteiger partial charge in [0.25, 0.3) is 0 Å². The lowest BCUT2D eigenvalue weighted by atomic mass is 9.80. The Bertz CT molecular complexity index is 399. The summed E-state index contributed by atoms with van der Waals surface area (Å²) in [5.74, 6) is 0.662. The van der Waals surface area contributed by atoms with Crippen LogP contribution < -0.4 is 0 Å². The Kier molecular flexibility index (Phi) is 4.58. The summed E-state index contributed by atoms with van der Waals surface area (Å²) in [6.07, 6.45) is 6.54. The Morgan fingerprint density at radius 2 is 2.20 bits per heavy atom. The van der Waals surface area contributed by atoms with Crippen molar-refractivity contribution in [3.63, 3.8) is 0 Å². The average Bonchev–Trinajstić information content (AvgIpc) is 2.98. The van der Waals surface area contributed by atoms with Gasteiger partial charge in [-0.1, -0.05) is 25.5 Å². The maximum Gasteiger partial charge on any atom is 0.303 e. The predicted molar refractivity (Wildman–Crippen MR) is 79.4 cm³/mol. The second kappa shape index (κ2) is 5.88. The molecule has 0 aromatic carbocycles. The summed E-state index contributed by atoms with van der Waals surface area (Å²) in [6, 6.07) is 0. The van der Waals surface area contributed by atoms with Gasteiger partial charge in [0.15, 0.2) is 0 Å². The Morgan fingerprint density at radius 3 is 2.80 bits per heavy atom. The molecule has 1 aliphatic carbocycles. The van der Waals surface area contributed by atoms with Gasteiger partial charge in [0.2, 0.25) is 0 Å². The molecule has 4 unspecified atom stereocenters. The summed E-state index contributed by atoms with van der Waals surface area (Å²) in [7, 11) is 0. The van der Waals surface area contributed by atoms with Crippen molar-refractivity contribution in [2.24, 2.45) is 11.8 Å². The number of ether oxygens (including phenoxy) is 2. The second-order valence-corrected chi connectivity index (χ2v) is 6.96. The number of fused-ring (bicyclic) bond motifs is 1. The van der Waals surface area contributed by atoms with E-state index in [1.807, 2.05) is 0 Å². The highest BCUT2D eigenvalue weighted by Crippen LogP contribution is 2.47. The molecule has 20 heavy (non-hydrogen) atoms. The summed E-state index contributed by atoms with van der Waals surface area (Å²) in [5.41, 5.74) is 1.33. The van der Waals surface area contributed by atoms with Crippen molar-refractivity contribution in [3.05, 3.63) is 11.6 Å². The van der Waals surface area contributed by atoms with Crippen molar-refractivity contribution >= 4 is 5.97 Å². The first-order chi connectivity index (χ1) is 9.33. The van der Waals surface area contributed by atoms with E-state index >= 15 is 0 Å². The Hall–Kier alpha value is -0.830. The number of rotatable bonds is 2. The zero-order valence-electron chi connectivity index (χ0n) is 13.4. The van der Waals surface area contributed by atoms with E-state index in [1.165, 1.54) is 12.5 Å². The SMILES string of the molecule is CC(=O)OC1C(C(C)C)CCC(C)=CCCC2(C)OC12. The van der Waals surface area contributed by atoms with Gasteiger partial charge in [-0.3, -0.25) is 4.79 Å². The lowest BCUT2D eigenvalue weighted by Crippen LogP contribution is -2.37. The first-order valence-electron chi connectivity index (χ1n) is 7.84. The summed E-state index contributed by atoms with van der Waals surface area (Å²) in [6.45, 7) is 10.3. The monoisotopic (exact) mass is 280 g/mol. The minimum absolute atomic E-state index is 0.0746. The van der Waals surface area contributed by atoms with Crippen molar-refractivity contribution in [2.45, 2.75) is 78.1 Å². The molecule has 3 nitrogen and oxygen atoms in total. The first kappa shape index (κ1) is 15.6. The number of carbonyl (C=O) groups excluding carboxylic acids is 1. The van der Waals surface area contributed by atoms with Crippen LogP contribution in [0.2, 0.25) is 0 Å². The highest BCUT2D eigenvalue weighted by atomic mass is 16.6. The minimum Gasteiger partial charge on any atom is -0.459 e. The van der Waals surface area contributed by atoms with Gasteiger partial charge < -0.3 is 9.47 Å². The van der Waals surface area contributed by atoms with Gasteiger partial charge in [-0.25, -0.2) is 0 Å². The third-order valence-electron chi connectivity index (χ3n) is 4.83. The van der Waals surface area contributed by atoms with Crippen molar-refractivity contribution in [3.8, 4) is 0 Å². The van der Waals surface area contributed by atoms with Crippen LogP contribution in [0.5, 0.6) is 0 Å². The maximum absolute atomic E-state index is 11.5. The lowest BCUT2D eigenvalue weighted by molar-refractivity contribution is -0.151. The quantitative estimate of drug-likeness (QED) is 0.438. The fourth-order valence-corrected chi connectivity index (χ4v) is 3.42. The van der Waals surface area contributed by atoms with Crippen molar-refractivity contribution < 1.29 is 14.3 Å². The fraction of sp³-hybridized carbons (Fsp3) is 0.824. The van der Waals surface area contributed by atoms with E-state index in [-0.39, 0.29) is 23.8 Å². The molecule has 1 saturated heterocycles. The second-order valence-electron chi connectivity index (χ2n) is 6.96. The van der Waals surface area contributed by atoms with Gasteiger partial charge in [0.1, 0.15) is 12.2 Å². The molecule has 0 amide bonds. The number of carbonyl (C=O) groups is 1. The van der Waals surface area contributed by atoms with Crippen LogP contribution in [0.25, 0.3) is 0 Å². The molecule has 0 aromatic heterocycles. The molecule has 3 heteroatoms. The van der Waals surface area contributed by atoms with Crippen molar-refractivity contribution in [1.29, 1.82) is 0 Å². The van der Waals surface area contributed by atoms with Gasteiger partial charge in [0.05, 0.1) is 5.60 Å².